The number of carbonyl (C=O) groups excluding carboxylic acids is 3. The molecule has 1 saturated heterocycles. The van der Waals surface area contributed by atoms with Gasteiger partial charge in [0, 0.05) is 18.9 Å². The van der Waals surface area contributed by atoms with E-state index < -0.39 is 49.9 Å². The summed E-state index contributed by atoms with van der Waals surface area (Å²) in [6.07, 6.45) is 2.62. The summed E-state index contributed by atoms with van der Waals surface area (Å²) >= 11 is 0. The van der Waals surface area contributed by atoms with Crippen LogP contribution in [0.5, 0.6) is 0 Å². The minimum absolute atomic E-state index is 0.192. The number of amides is 2. The van der Waals surface area contributed by atoms with Gasteiger partial charge in [-0.3, -0.25) is 19.1 Å². The van der Waals surface area contributed by atoms with Gasteiger partial charge >= 0.3 is 0 Å². The first-order valence-electron chi connectivity index (χ1n) is 11.5. The lowest BCUT2D eigenvalue weighted by Gasteiger charge is -2.39. The average Bonchev–Trinajstić information content (AvgIpc) is 3.33. The third-order valence-corrected chi connectivity index (χ3v) is 8.47. The van der Waals surface area contributed by atoms with Crippen molar-refractivity contribution in [2.75, 3.05) is 27.0 Å². The van der Waals surface area contributed by atoms with Crippen molar-refractivity contribution in [1.29, 1.82) is 0 Å². The Kier molecular flexibility index (Phi) is 7.55. The van der Waals surface area contributed by atoms with Crippen LogP contribution in [0.1, 0.15) is 54.4 Å². The molecule has 1 saturated carbocycles. The lowest BCUT2D eigenvalue weighted by atomic mass is 9.71. The molecule has 1 aliphatic carbocycles. The van der Waals surface area contributed by atoms with Crippen molar-refractivity contribution in [1.82, 2.24) is 14.9 Å². The molecule has 0 unspecified atom stereocenters. The SMILES string of the molecule is C=C[C@@H]1C[C@]1(CC(=O)[C@H]1N(C(=O)[C@@H](NC)C(C)(C)C)C[C@](C)(OC)C1(C)C)C(=O)NS(C)(=O)=O. The van der Waals surface area contributed by atoms with Crippen molar-refractivity contribution in [2.45, 2.75) is 72.1 Å². The van der Waals surface area contributed by atoms with Gasteiger partial charge in [-0.2, -0.15) is 0 Å². The molecule has 34 heavy (non-hydrogen) atoms. The maximum Gasteiger partial charge on any atom is 0.240 e. The first kappa shape index (κ1) is 28.5. The second-order valence-electron chi connectivity index (χ2n) is 11.7. The highest BCUT2D eigenvalue weighted by Crippen LogP contribution is 2.58. The van der Waals surface area contributed by atoms with Gasteiger partial charge in [0.2, 0.25) is 21.8 Å². The van der Waals surface area contributed by atoms with Crippen molar-refractivity contribution in [2.24, 2.45) is 22.2 Å². The molecule has 0 spiro atoms. The zero-order valence-corrected chi connectivity index (χ0v) is 22.8. The molecule has 194 valence electrons. The second kappa shape index (κ2) is 9.02. The van der Waals surface area contributed by atoms with Crippen LogP contribution in [0.15, 0.2) is 12.7 Å². The molecule has 5 atom stereocenters. The van der Waals surface area contributed by atoms with Crippen molar-refractivity contribution >= 4 is 27.6 Å². The summed E-state index contributed by atoms with van der Waals surface area (Å²) in [4.78, 5) is 42.1. The Morgan fingerprint density at radius 2 is 1.79 bits per heavy atom. The van der Waals surface area contributed by atoms with E-state index in [2.05, 4.69) is 11.9 Å². The maximum absolute atomic E-state index is 13.9. The monoisotopic (exact) mass is 499 g/mol. The highest BCUT2D eigenvalue weighted by Gasteiger charge is 2.65. The Morgan fingerprint density at radius 3 is 2.18 bits per heavy atom. The summed E-state index contributed by atoms with van der Waals surface area (Å²) in [5.41, 5.74) is -3.16. The van der Waals surface area contributed by atoms with Crippen LogP contribution >= 0.6 is 0 Å². The molecule has 2 amide bonds. The van der Waals surface area contributed by atoms with Gasteiger partial charge < -0.3 is 15.0 Å². The fraction of sp³-hybridized carbons (Fsp3) is 0.792. The van der Waals surface area contributed by atoms with E-state index in [0.29, 0.717) is 6.42 Å². The Morgan fingerprint density at radius 1 is 1.24 bits per heavy atom. The van der Waals surface area contributed by atoms with Crippen LogP contribution in [0.25, 0.3) is 0 Å². The number of sulfonamides is 1. The van der Waals surface area contributed by atoms with Gasteiger partial charge in [0.1, 0.15) is 0 Å². The normalized spacial score (nSPS) is 31.6. The van der Waals surface area contributed by atoms with E-state index in [9.17, 15) is 22.8 Å². The quantitative estimate of drug-likeness (QED) is 0.461. The van der Waals surface area contributed by atoms with E-state index in [1.54, 1.807) is 25.1 Å². The number of ether oxygens (including phenoxy) is 1. The van der Waals surface area contributed by atoms with E-state index in [1.165, 1.54) is 0 Å². The van der Waals surface area contributed by atoms with Crippen molar-refractivity contribution in [3.8, 4) is 0 Å². The first-order valence-corrected chi connectivity index (χ1v) is 13.4. The Balaban J connectivity index is 2.48. The smallest absolute Gasteiger partial charge is 0.240 e. The van der Waals surface area contributed by atoms with Gasteiger partial charge in [-0.1, -0.05) is 40.7 Å². The summed E-state index contributed by atoms with van der Waals surface area (Å²) in [6.45, 7) is 15.4. The van der Waals surface area contributed by atoms with Gasteiger partial charge in [-0.25, -0.2) is 8.42 Å². The van der Waals surface area contributed by atoms with E-state index in [0.717, 1.165) is 6.26 Å². The molecule has 1 heterocycles. The molecule has 9 nitrogen and oxygen atoms in total. The largest absolute Gasteiger partial charge is 0.376 e. The fourth-order valence-electron chi connectivity index (χ4n) is 5.37. The second-order valence-corrected chi connectivity index (χ2v) is 13.4. The number of allylic oxidation sites excluding steroid dienone is 1. The number of Topliss-reactive ketones (excluding diaryl/α,β-unsaturated/α-hetero) is 1. The number of nitrogens with zero attached hydrogens (tertiary/aromatic N) is 1. The van der Waals surface area contributed by atoms with Crippen LogP contribution in [0.4, 0.5) is 0 Å². The highest BCUT2D eigenvalue weighted by molar-refractivity contribution is 7.89. The highest BCUT2D eigenvalue weighted by atomic mass is 32.2. The topological polar surface area (TPSA) is 122 Å². The molecule has 10 heteroatoms. The van der Waals surface area contributed by atoms with Gasteiger partial charge in [-0.15, -0.1) is 6.58 Å². The van der Waals surface area contributed by atoms with Crippen molar-refractivity contribution in [3.63, 3.8) is 0 Å². The van der Waals surface area contributed by atoms with E-state index in [-0.39, 0.29) is 30.6 Å². The number of methoxy groups -OCH3 is 1. The number of likely N-dealkylation sites (tertiary alicyclic amines) is 1. The zero-order valence-electron chi connectivity index (χ0n) is 21.9. The minimum atomic E-state index is -3.79. The lowest BCUT2D eigenvalue weighted by molar-refractivity contribution is -0.144. The molecule has 0 aromatic carbocycles. The average molecular weight is 500 g/mol. The number of rotatable bonds is 9. The number of carbonyl (C=O) groups is 3. The first-order chi connectivity index (χ1) is 15.3. The predicted molar refractivity (Wildman–Crippen MR) is 130 cm³/mol. The third-order valence-electron chi connectivity index (χ3n) is 7.91. The van der Waals surface area contributed by atoms with Crippen LogP contribution in [0, 0.1) is 22.2 Å². The Hall–Kier alpha value is -1.78. The summed E-state index contributed by atoms with van der Waals surface area (Å²) in [6, 6.07) is -1.39. The number of hydrogen-bond acceptors (Lipinski definition) is 7. The van der Waals surface area contributed by atoms with Gasteiger partial charge in [0.25, 0.3) is 0 Å². The predicted octanol–water partition coefficient (Wildman–Crippen LogP) is 1.49. The fourth-order valence-corrected chi connectivity index (χ4v) is 5.91. The summed E-state index contributed by atoms with van der Waals surface area (Å²) < 4.78 is 31.3. The summed E-state index contributed by atoms with van der Waals surface area (Å²) in [5.74, 6) is -1.54. The molecular weight excluding hydrogens is 458 g/mol. The Labute approximate surface area is 204 Å². The molecule has 2 fully saturated rings. The van der Waals surface area contributed by atoms with E-state index in [4.69, 9.17) is 4.74 Å². The molecule has 0 radical (unpaired) electrons. The van der Waals surface area contributed by atoms with Gasteiger partial charge in [-0.05, 0) is 31.7 Å². The van der Waals surface area contributed by atoms with Gasteiger partial charge in [0.15, 0.2) is 5.78 Å². The molecule has 0 aromatic rings. The Bertz CT molecular complexity index is 970. The number of ketones is 1. The van der Waals surface area contributed by atoms with Crippen LogP contribution in [0.2, 0.25) is 0 Å². The standard InChI is InChI=1S/C24H41N3O6S/c1-11-15-12-24(15,20(30)26-34(10,31)32)13-16(28)18-22(5,6)23(7,33-9)14-27(18)19(29)17(25-8)21(2,3)4/h11,15,17-18,25H,1,12-14H2,2-10H3,(H,26,30)/t15-,17-,18-,23+,24-/m1/s1. The molecule has 2 aliphatic rings. The molecule has 2 rings (SSSR count). The molecular formula is C24H41N3O6S. The van der Waals surface area contributed by atoms with E-state index in [1.807, 2.05) is 46.3 Å². The van der Waals surface area contributed by atoms with Crippen molar-refractivity contribution < 1.29 is 27.5 Å². The zero-order chi connectivity index (χ0) is 26.5. The van der Waals surface area contributed by atoms with Crippen LogP contribution in [0.3, 0.4) is 0 Å². The van der Waals surface area contributed by atoms with Gasteiger partial charge in [0.05, 0.1) is 35.9 Å². The minimum Gasteiger partial charge on any atom is -0.376 e. The maximum atomic E-state index is 13.9. The molecule has 1 aliphatic heterocycles. The lowest BCUT2D eigenvalue weighted by Crippen LogP contribution is -2.56. The number of likely N-dealkylation sites (N-methyl/N-ethyl adjacent to an activating group) is 1. The molecule has 0 aromatic heterocycles. The molecule has 0 bridgehead atoms. The summed E-state index contributed by atoms with van der Waals surface area (Å²) in [7, 11) is -0.517. The van der Waals surface area contributed by atoms with Crippen molar-refractivity contribution in [3.05, 3.63) is 12.7 Å². The molecule has 2 N–H and O–H groups in total. The number of hydrogen-bond donors (Lipinski definition) is 2. The van der Waals surface area contributed by atoms with Crippen LogP contribution in [-0.2, 0) is 29.1 Å². The summed E-state index contributed by atoms with van der Waals surface area (Å²) in [5, 5.41) is 3.08. The third kappa shape index (κ3) is 4.95. The number of nitrogens with one attached hydrogen (secondary N) is 2. The van der Waals surface area contributed by atoms with Crippen LogP contribution < -0.4 is 10.0 Å². The van der Waals surface area contributed by atoms with Crippen LogP contribution in [-0.4, -0.2) is 75.6 Å². The van der Waals surface area contributed by atoms with E-state index >= 15 is 0 Å².